The Morgan fingerprint density at radius 2 is 1.64 bits per heavy atom. The highest BCUT2D eigenvalue weighted by Crippen LogP contribution is 2.45. The van der Waals surface area contributed by atoms with Crippen molar-refractivity contribution in [1.29, 1.82) is 0 Å². The van der Waals surface area contributed by atoms with Gasteiger partial charge in [-0.2, -0.15) is 0 Å². The van der Waals surface area contributed by atoms with E-state index in [1.54, 1.807) is 0 Å². The number of hydrogen-bond acceptors (Lipinski definition) is 0. The molecule has 0 radical (unpaired) electrons. The Hall–Kier alpha value is 0. The van der Waals surface area contributed by atoms with Crippen molar-refractivity contribution in [2.24, 2.45) is 23.2 Å². The van der Waals surface area contributed by atoms with E-state index in [0.717, 1.165) is 17.8 Å². The van der Waals surface area contributed by atoms with Gasteiger partial charge in [0, 0.05) is 0 Å². The van der Waals surface area contributed by atoms with Crippen LogP contribution in [0.15, 0.2) is 0 Å². The highest BCUT2D eigenvalue weighted by atomic mass is 14.4. The molecule has 66 valence electrons. The van der Waals surface area contributed by atoms with Gasteiger partial charge in [-0.3, -0.25) is 0 Å². The second-order valence-electron chi connectivity index (χ2n) is 5.15. The molecule has 0 unspecified atom stereocenters. The van der Waals surface area contributed by atoms with Gasteiger partial charge in [0.2, 0.25) is 0 Å². The third-order valence-corrected chi connectivity index (χ3v) is 4.16. The number of hydrogen-bond donors (Lipinski definition) is 0. The smallest absolute Gasteiger partial charge is 0.0326 e. The first kappa shape index (κ1) is 9.09. The predicted octanol–water partition coefficient (Wildman–Crippen LogP) is 3.71. The first-order chi connectivity index (χ1) is 4.95. The average molecular weight is 154 g/mol. The lowest BCUT2D eigenvalue weighted by Gasteiger charge is -2.44. The van der Waals surface area contributed by atoms with Gasteiger partial charge in [0.1, 0.15) is 0 Å². The Bertz CT molecular complexity index is 135. The molecule has 0 nitrogen and oxygen atoms in total. The minimum atomic E-state index is 0.589. The van der Waals surface area contributed by atoms with E-state index in [4.69, 9.17) is 0 Å². The molecule has 0 heterocycles. The van der Waals surface area contributed by atoms with E-state index < -0.39 is 0 Å². The molecule has 0 amide bonds. The summed E-state index contributed by atoms with van der Waals surface area (Å²) in [5.41, 5.74) is 0.589. The summed E-state index contributed by atoms with van der Waals surface area (Å²) >= 11 is 0. The second kappa shape index (κ2) is 2.80. The SMILES string of the molecule is C[C@H]1[C@H](C)CCC(C)(C)[C@H]1C. The molecule has 0 aromatic heterocycles. The second-order valence-corrected chi connectivity index (χ2v) is 5.15. The Labute approximate surface area is 71.4 Å². The number of rotatable bonds is 0. The summed E-state index contributed by atoms with van der Waals surface area (Å²) < 4.78 is 0. The monoisotopic (exact) mass is 154 g/mol. The van der Waals surface area contributed by atoms with Gasteiger partial charge in [-0.1, -0.05) is 34.6 Å². The molecular weight excluding hydrogens is 132 g/mol. The van der Waals surface area contributed by atoms with Crippen molar-refractivity contribution in [3.8, 4) is 0 Å². The van der Waals surface area contributed by atoms with E-state index in [1.165, 1.54) is 12.8 Å². The summed E-state index contributed by atoms with van der Waals surface area (Å²) in [7, 11) is 0. The standard InChI is InChI=1S/C11H22/c1-8-6-7-11(4,5)10(3)9(8)2/h8-10H,6-7H2,1-5H3/t8-,9+,10+/m1/s1. The average Bonchev–Trinajstić information content (AvgIpc) is 1.95. The van der Waals surface area contributed by atoms with Crippen molar-refractivity contribution in [1.82, 2.24) is 0 Å². The Morgan fingerprint density at radius 3 is 2.09 bits per heavy atom. The summed E-state index contributed by atoms with van der Waals surface area (Å²) in [5, 5.41) is 0. The molecule has 3 atom stereocenters. The fourth-order valence-electron chi connectivity index (χ4n) is 2.29. The molecular formula is C11H22. The quantitative estimate of drug-likeness (QED) is 0.499. The van der Waals surface area contributed by atoms with Crippen LogP contribution in [0.5, 0.6) is 0 Å². The van der Waals surface area contributed by atoms with E-state index in [1.807, 2.05) is 0 Å². The van der Waals surface area contributed by atoms with Gasteiger partial charge < -0.3 is 0 Å². The summed E-state index contributed by atoms with van der Waals surface area (Å²) in [6.45, 7) is 12.1. The minimum absolute atomic E-state index is 0.589. The Morgan fingerprint density at radius 1 is 1.09 bits per heavy atom. The van der Waals surface area contributed by atoms with E-state index in [-0.39, 0.29) is 0 Å². The fraction of sp³-hybridized carbons (Fsp3) is 1.00. The molecule has 0 N–H and O–H groups in total. The maximum absolute atomic E-state index is 2.42. The maximum Gasteiger partial charge on any atom is -0.0326 e. The van der Waals surface area contributed by atoms with Crippen LogP contribution < -0.4 is 0 Å². The molecule has 1 aliphatic carbocycles. The van der Waals surface area contributed by atoms with Crippen LogP contribution in [0.4, 0.5) is 0 Å². The van der Waals surface area contributed by atoms with Crippen LogP contribution in [0.3, 0.4) is 0 Å². The van der Waals surface area contributed by atoms with Crippen LogP contribution in [0.1, 0.15) is 47.5 Å². The third kappa shape index (κ3) is 1.60. The van der Waals surface area contributed by atoms with E-state index in [2.05, 4.69) is 34.6 Å². The summed E-state index contributed by atoms with van der Waals surface area (Å²) in [5.74, 6) is 2.75. The van der Waals surface area contributed by atoms with Crippen LogP contribution in [-0.2, 0) is 0 Å². The lowest BCUT2D eigenvalue weighted by Crippen LogP contribution is -2.35. The molecule has 0 heteroatoms. The highest BCUT2D eigenvalue weighted by molar-refractivity contribution is 4.86. The molecule has 0 aromatic rings. The van der Waals surface area contributed by atoms with Crippen molar-refractivity contribution in [3.05, 3.63) is 0 Å². The van der Waals surface area contributed by atoms with Gasteiger partial charge >= 0.3 is 0 Å². The lowest BCUT2D eigenvalue weighted by atomic mass is 9.61. The zero-order valence-corrected chi connectivity index (χ0v) is 8.65. The molecule has 1 saturated carbocycles. The highest BCUT2D eigenvalue weighted by Gasteiger charge is 2.36. The first-order valence-electron chi connectivity index (χ1n) is 4.95. The molecule has 0 aromatic carbocycles. The molecule has 1 aliphatic rings. The Kier molecular flexibility index (Phi) is 2.32. The van der Waals surface area contributed by atoms with Crippen LogP contribution in [0, 0.1) is 23.2 Å². The maximum atomic E-state index is 2.42. The van der Waals surface area contributed by atoms with Crippen molar-refractivity contribution in [3.63, 3.8) is 0 Å². The fourth-order valence-corrected chi connectivity index (χ4v) is 2.29. The topological polar surface area (TPSA) is 0 Å². The van der Waals surface area contributed by atoms with Gasteiger partial charge in [-0.05, 0) is 36.0 Å². The summed E-state index contributed by atoms with van der Waals surface area (Å²) in [6.07, 6.45) is 2.85. The van der Waals surface area contributed by atoms with Crippen LogP contribution in [0.25, 0.3) is 0 Å². The predicted molar refractivity (Wildman–Crippen MR) is 50.5 cm³/mol. The molecule has 0 bridgehead atoms. The zero-order valence-electron chi connectivity index (χ0n) is 8.65. The van der Waals surface area contributed by atoms with E-state index in [0.29, 0.717) is 5.41 Å². The lowest BCUT2D eigenvalue weighted by molar-refractivity contribution is 0.0586. The van der Waals surface area contributed by atoms with Crippen molar-refractivity contribution >= 4 is 0 Å². The molecule has 0 aliphatic heterocycles. The molecule has 0 saturated heterocycles. The van der Waals surface area contributed by atoms with Gasteiger partial charge in [0.15, 0.2) is 0 Å². The molecule has 0 spiro atoms. The third-order valence-electron chi connectivity index (χ3n) is 4.16. The molecule has 1 rings (SSSR count). The first-order valence-corrected chi connectivity index (χ1v) is 4.95. The van der Waals surface area contributed by atoms with Crippen LogP contribution in [-0.4, -0.2) is 0 Å². The van der Waals surface area contributed by atoms with E-state index >= 15 is 0 Å². The van der Waals surface area contributed by atoms with Crippen molar-refractivity contribution in [2.75, 3.05) is 0 Å². The van der Waals surface area contributed by atoms with Crippen LogP contribution >= 0.6 is 0 Å². The Balaban J connectivity index is 2.67. The summed E-state index contributed by atoms with van der Waals surface area (Å²) in [4.78, 5) is 0. The zero-order chi connectivity index (χ0) is 8.65. The largest absolute Gasteiger partial charge is 0.0622 e. The van der Waals surface area contributed by atoms with Gasteiger partial charge in [0.05, 0.1) is 0 Å². The molecule has 11 heavy (non-hydrogen) atoms. The minimum Gasteiger partial charge on any atom is -0.0622 e. The van der Waals surface area contributed by atoms with Gasteiger partial charge in [-0.25, -0.2) is 0 Å². The van der Waals surface area contributed by atoms with Crippen LogP contribution in [0.2, 0.25) is 0 Å². The van der Waals surface area contributed by atoms with Crippen molar-refractivity contribution < 1.29 is 0 Å². The van der Waals surface area contributed by atoms with E-state index in [9.17, 15) is 0 Å². The van der Waals surface area contributed by atoms with Gasteiger partial charge in [-0.15, -0.1) is 0 Å². The normalized spacial score (nSPS) is 43.9. The summed E-state index contributed by atoms with van der Waals surface area (Å²) in [6, 6.07) is 0. The molecule has 1 fully saturated rings. The van der Waals surface area contributed by atoms with Crippen molar-refractivity contribution in [2.45, 2.75) is 47.5 Å². The van der Waals surface area contributed by atoms with Gasteiger partial charge in [0.25, 0.3) is 0 Å².